The minimum atomic E-state index is -4.94. The van der Waals surface area contributed by atoms with E-state index in [0.717, 1.165) is 0 Å². The standard InChI is InChI=1S/C9H3ClF7N/c10-7(9(15,16)17)18-4-1-2-5(6(11)3-4)8(12,13)14/h1-3H. The minimum absolute atomic E-state index is 0.219. The zero-order chi connectivity index (χ0) is 14.1. The fraction of sp³-hybridized carbons (Fsp3) is 0.222. The number of alkyl halides is 6. The van der Waals surface area contributed by atoms with Gasteiger partial charge in [-0.3, -0.25) is 0 Å². The Labute approximate surface area is 101 Å². The van der Waals surface area contributed by atoms with E-state index in [1.165, 1.54) is 0 Å². The van der Waals surface area contributed by atoms with E-state index >= 15 is 0 Å². The third-order valence-corrected chi connectivity index (χ3v) is 2.02. The molecule has 0 bridgehead atoms. The van der Waals surface area contributed by atoms with Crippen molar-refractivity contribution in [3.8, 4) is 0 Å². The van der Waals surface area contributed by atoms with Crippen molar-refractivity contribution in [2.24, 2.45) is 4.99 Å². The Morgan fingerprint density at radius 2 is 1.61 bits per heavy atom. The Hall–Kier alpha value is -1.31. The maximum atomic E-state index is 13.0. The zero-order valence-corrected chi connectivity index (χ0v) is 8.96. The summed E-state index contributed by atoms with van der Waals surface area (Å²) >= 11 is 4.75. The van der Waals surface area contributed by atoms with Gasteiger partial charge in [0.05, 0.1) is 11.3 Å². The van der Waals surface area contributed by atoms with Gasteiger partial charge in [-0.25, -0.2) is 9.38 Å². The molecule has 0 N–H and O–H groups in total. The fourth-order valence-corrected chi connectivity index (χ4v) is 1.08. The van der Waals surface area contributed by atoms with Gasteiger partial charge in [-0.15, -0.1) is 0 Å². The summed E-state index contributed by atoms with van der Waals surface area (Å²) in [5.74, 6) is -1.73. The van der Waals surface area contributed by atoms with Gasteiger partial charge >= 0.3 is 12.4 Å². The molecule has 0 aromatic heterocycles. The lowest BCUT2D eigenvalue weighted by Crippen LogP contribution is -2.16. The van der Waals surface area contributed by atoms with E-state index in [4.69, 9.17) is 11.6 Å². The molecule has 9 heteroatoms. The van der Waals surface area contributed by atoms with E-state index in [0.29, 0.717) is 6.07 Å². The normalized spacial score (nSPS) is 13.9. The Morgan fingerprint density at radius 3 is 2.00 bits per heavy atom. The first-order chi connectivity index (χ1) is 8.01. The number of nitrogens with zero attached hydrogens (tertiary/aromatic N) is 1. The maximum Gasteiger partial charge on any atom is 0.444 e. The van der Waals surface area contributed by atoms with Gasteiger partial charge in [0.2, 0.25) is 5.17 Å². The number of benzene rings is 1. The lowest BCUT2D eigenvalue weighted by atomic mass is 10.2. The molecule has 0 spiro atoms. The molecule has 0 aliphatic rings. The van der Waals surface area contributed by atoms with Crippen LogP contribution in [0.2, 0.25) is 0 Å². The van der Waals surface area contributed by atoms with Crippen LogP contribution >= 0.6 is 11.6 Å². The summed E-state index contributed by atoms with van der Waals surface area (Å²) in [6, 6.07) is 1.09. The molecule has 0 atom stereocenters. The molecule has 0 unspecified atom stereocenters. The van der Waals surface area contributed by atoms with Gasteiger partial charge in [-0.2, -0.15) is 26.3 Å². The maximum absolute atomic E-state index is 13.0. The van der Waals surface area contributed by atoms with Crippen LogP contribution < -0.4 is 0 Å². The van der Waals surface area contributed by atoms with Crippen LogP contribution in [0.3, 0.4) is 0 Å². The largest absolute Gasteiger partial charge is 0.444 e. The molecule has 0 aliphatic carbocycles. The van der Waals surface area contributed by atoms with Crippen LogP contribution in [0, 0.1) is 5.82 Å². The average Bonchev–Trinajstić information content (AvgIpc) is 2.13. The molecule has 0 aliphatic heterocycles. The molecule has 0 amide bonds. The molecule has 0 fully saturated rings. The number of halogens is 8. The van der Waals surface area contributed by atoms with Crippen molar-refractivity contribution < 1.29 is 30.7 Å². The van der Waals surface area contributed by atoms with Crippen LogP contribution in [0.4, 0.5) is 36.4 Å². The van der Waals surface area contributed by atoms with E-state index in [-0.39, 0.29) is 12.1 Å². The summed E-state index contributed by atoms with van der Waals surface area (Å²) in [5.41, 5.74) is -2.26. The second-order valence-electron chi connectivity index (χ2n) is 3.06. The van der Waals surface area contributed by atoms with Crippen LogP contribution in [0.5, 0.6) is 0 Å². The van der Waals surface area contributed by atoms with Crippen molar-refractivity contribution >= 4 is 22.5 Å². The zero-order valence-electron chi connectivity index (χ0n) is 8.20. The summed E-state index contributed by atoms with van der Waals surface area (Å²) in [6.07, 6.45) is -9.87. The molecule has 1 nitrogen and oxygen atoms in total. The second kappa shape index (κ2) is 4.75. The van der Waals surface area contributed by atoms with Crippen molar-refractivity contribution in [2.45, 2.75) is 12.4 Å². The Bertz CT molecular complexity index is 475. The Morgan fingerprint density at radius 1 is 1.06 bits per heavy atom. The van der Waals surface area contributed by atoms with Crippen molar-refractivity contribution in [1.29, 1.82) is 0 Å². The summed E-state index contributed by atoms with van der Waals surface area (Å²) in [4.78, 5) is 2.76. The molecule has 0 radical (unpaired) electrons. The molecule has 1 rings (SSSR count). The number of rotatable bonds is 1. The van der Waals surface area contributed by atoms with Crippen LogP contribution in [0.1, 0.15) is 5.56 Å². The molecular weight excluding hydrogens is 291 g/mol. The molecule has 0 saturated heterocycles. The second-order valence-corrected chi connectivity index (χ2v) is 3.42. The first-order valence-electron chi connectivity index (χ1n) is 4.20. The van der Waals surface area contributed by atoms with Crippen molar-refractivity contribution in [2.75, 3.05) is 0 Å². The Kier molecular flexibility index (Phi) is 3.89. The molecule has 0 saturated carbocycles. The molecule has 1 aromatic carbocycles. The van der Waals surface area contributed by atoms with E-state index < -0.39 is 34.6 Å². The topological polar surface area (TPSA) is 12.4 Å². The predicted octanol–water partition coefficient (Wildman–Crippen LogP) is 4.68. The molecule has 0 heterocycles. The molecule has 18 heavy (non-hydrogen) atoms. The van der Waals surface area contributed by atoms with Gasteiger partial charge in [-0.1, -0.05) is 11.6 Å². The lowest BCUT2D eigenvalue weighted by molar-refractivity contribution is -0.139. The quantitative estimate of drug-likeness (QED) is 0.527. The first-order valence-corrected chi connectivity index (χ1v) is 4.58. The van der Waals surface area contributed by atoms with E-state index in [9.17, 15) is 30.7 Å². The molecular formula is C9H3ClF7N. The fourth-order valence-electron chi connectivity index (χ4n) is 0.980. The minimum Gasteiger partial charge on any atom is -0.232 e. The first kappa shape index (κ1) is 14.7. The summed E-state index contributed by atoms with van der Waals surface area (Å²) in [7, 11) is 0. The highest BCUT2D eigenvalue weighted by Gasteiger charge is 2.36. The lowest BCUT2D eigenvalue weighted by Gasteiger charge is -2.08. The molecule has 1 aromatic rings. The van der Waals surface area contributed by atoms with E-state index in [2.05, 4.69) is 4.99 Å². The van der Waals surface area contributed by atoms with E-state index in [1.807, 2.05) is 0 Å². The third-order valence-electron chi connectivity index (χ3n) is 1.72. The van der Waals surface area contributed by atoms with E-state index in [1.54, 1.807) is 0 Å². The van der Waals surface area contributed by atoms with Crippen LogP contribution in [-0.2, 0) is 6.18 Å². The highest BCUT2D eigenvalue weighted by atomic mass is 35.5. The highest BCUT2D eigenvalue weighted by Crippen LogP contribution is 2.33. The Balaban J connectivity index is 3.14. The van der Waals surface area contributed by atoms with Crippen molar-refractivity contribution in [1.82, 2.24) is 0 Å². The molecule has 100 valence electrons. The monoisotopic (exact) mass is 293 g/mol. The van der Waals surface area contributed by atoms with Crippen LogP contribution in [0.25, 0.3) is 0 Å². The summed E-state index contributed by atoms with van der Waals surface area (Å²) in [6.45, 7) is 0. The van der Waals surface area contributed by atoms with Gasteiger partial charge in [-0.05, 0) is 12.1 Å². The van der Waals surface area contributed by atoms with Crippen LogP contribution in [-0.4, -0.2) is 11.3 Å². The average molecular weight is 294 g/mol. The van der Waals surface area contributed by atoms with Gasteiger partial charge in [0.15, 0.2) is 0 Å². The number of aliphatic imine (C=N–C) groups is 1. The van der Waals surface area contributed by atoms with Gasteiger partial charge < -0.3 is 0 Å². The van der Waals surface area contributed by atoms with Crippen molar-refractivity contribution in [3.05, 3.63) is 29.6 Å². The highest BCUT2D eigenvalue weighted by molar-refractivity contribution is 6.67. The number of hydrogen-bond acceptors (Lipinski definition) is 1. The third kappa shape index (κ3) is 3.59. The summed E-state index contributed by atoms with van der Waals surface area (Å²) in [5, 5.41) is -1.80. The van der Waals surface area contributed by atoms with Gasteiger partial charge in [0.25, 0.3) is 0 Å². The van der Waals surface area contributed by atoms with Crippen LogP contribution in [0.15, 0.2) is 23.2 Å². The number of hydrogen-bond donors (Lipinski definition) is 0. The van der Waals surface area contributed by atoms with Gasteiger partial charge in [0.1, 0.15) is 5.82 Å². The summed E-state index contributed by atoms with van der Waals surface area (Å²) < 4.78 is 85.3. The predicted molar refractivity (Wildman–Crippen MR) is 50.4 cm³/mol. The van der Waals surface area contributed by atoms with Gasteiger partial charge in [0, 0.05) is 6.07 Å². The van der Waals surface area contributed by atoms with Crippen molar-refractivity contribution in [3.63, 3.8) is 0 Å². The SMILES string of the molecule is Fc1cc(N=C(Cl)C(F)(F)F)ccc1C(F)(F)F. The smallest absolute Gasteiger partial charge is 0.232 e.